The Kier molecular flexibility index (Phi) is 3.08. The van der Waals surface area contributed by atoms with Crippen LogP contribution in [0.4, 0.5) is 0 Å². The fourth-order valence-electron chi connectivity index (χ4n) is 2.27. The van der Waals surface area contributed by atoms with Gasteiger partial charge in [0.2, 0.25) is 0 Å². The monoisotopic (exact) mass is 294 g/mol. The Morgan fingerprint density at radius 3 is 3.00 bits per heavy atom. The standard InChI is InChI=1S/C12H10N2O3S2/c15-11(8-5-18-6-13-8)14-3-1-9-7(2-4-19-9)10(14)12(16)17/h2,4-6,10H,1,3H2,(H,16,17). The maximum absolute atomic E-state index is 12.3. The van der Waals surface area contributed by atoms with Crippen molar-refractivity contribution < 1.29 is 14.7 Å². The molecular formula is C12H10N2O3S2. The Hall–Kier alpha value is -1.73. The van der Waals surface area contributed by atoms with Gasteiger partial charge in [0.25, 0.3) is 5.91 Å². The number of carboxylic acids is 1. The highest BCUT2D eigenvalue weighted by Gasteiger charge is 2.37. The Labute approximate surface area is 117 Å². The van der Waals surface area contributed by atoms with Crippen molar-refractivity contribution in [1.82, 2.24) is 9.88 Å². The molecule has 1 unspecified atom stereocenters. The lowest BCUT2D eigenvalue weighted by molar-refractivity contribution is -0.142. The number of nitrogens with zero attached hydrogens (tertiary/aromatic N) is 2. The molecule has 19 heavy (non-hydrogen) atoms. The summed E-state index contributed by atoms with van der Waals surface area (Å²) in [4.78, 5) is 30.2. The molecule has 98 valence electrons. The molecule has 0 spiro atoms. The van der Waals surface area contributed by atoms with Gasteiger partial charge in [-0.05, 0) is 23.4 Å². The van der Waals surface area contributed by atoms with E-state index in [1.54, 1.807) is 28.3 Å². The number of hydrogen-bond donors (Lipinski definition) is 1. The molecule has 0 fully saturated rings. The molecule has 0 saturated carbocycles. The van der Waals surface area contributed by atoms with E-state index in [9.17, 15) is 14.7 Å². The smallest absolute Gasteiger partial charge is 0.331 e. The number of aliphatic carboxylic acids is 1. The average molecular weight is 294 g/mol. The number of thiazole rings is 1. The molecule has 0 saturated heterocycles. The minimum Gasteiger partial charge on any atom is -0.479 e. The Morgan fingerprint density at radius 2 is 2.32 bits per heavy atom. The topological polar surface area (TPSA) is 70.5 Å². The first-order chi connectivity index (χ1) is 9.18. The van der Waals surface area contributed by atoms with Gasteiger partial charge in [0.05, 0.1) is 5.51 Å². The summed E-state index contributed by atoms with van der Waals surface area (Å²) in [7, 11) is 0. The molecule has 2 aromatic rings. The number of fused-ring (bicyclic) bond motifs is 1. The SMILES string of the molecule is O=C(O)C1c2ccsc2CCN1C(=O)c1cscn1. The number of aromatic nitrogens is 1. The quantitative estimate of drug-likeness (QED) is 0.920. The molecule has 0 aliphatic carbocycles. The van der Waals surface area contributed by atoms with E-state index in [2.05, 4.69) is 4.98 Å². The number of thiophene rings is 1. The van der Waals surface area contributed by atoms with Gasteiger partial charge < -0.3 is 10.0 Å². The van der Waals surface area contributed by atoms with Crippen molar-refractivity contribution in [3.8, 4) is 0 Å². The van der Waals surface area contributed by atoms with Crippen molar-refractivity contribution in [3.63, 3.8) is 0 Å². The van der Waals surface area contributed by atoms with E-state index < -0.39 is 12.0 Å². The predicted molar refractivity (Wildman–Crippen MR) is 71.6 cm³/mol. The van der Waals surface area contributed by atoms with Crippen LogP contribution < -0.4 is 0 Å². The molecule has 3 rings (SSSR count). The van der Waals surface area contributed by atoms with E-state index in [-0.39, 0.29) is 5.91 Å². The van der Waals surface area contributed by atoms with Gasteiger partial charge in [-0.25, -0.2) is 9.78 Å². The molecule has 3 heterocycles. The van der Waals surface area contributed by atoms with E-state index in [4.69, 9.17) is 0 Å². The minimum atomic E-state index is -0.997. The largest absolute Gasteiger partial charge is 0.479 e. The predicted octanol–water partition coefficient (Wildman–Crippen LogP) is 2.03. The van der Waals surface area contributed by atoms with Crippen LogP contribution in [0.25, 0.3) is 0 Å². The molecule has 5 nitrogen and oxygen atoms in total. The summed E-state index contributed by atoms with van der Waals surface area (Å²) < 4.78 is 0. The summed E-state index contributed by atoms with van der Waals surface area (Å²) in [5, 5.41) is 12.9. The zero-order valence-corrected chi connectivity index (χ0v) is 11.4. The van der Waals surface area contributed by atoms with Gasteiger partial charge in [-0.3, -0.25) is 4.79 Å². The maximum Gasteiger partial charge on any atom is 0.331 e. The number of carbonyl (C=O) groups is 2. The fraction of sp³-hybridized carbons (Fsp3) is 0.250. The van der Waals surface area contributed by atoms with Crippen molar-refractivity contribution in [2.45, 2.75) is 12.5 Å². The number of hydrogen-bond acceptors (Lipinski definition) is 5. The fourth-order valence-corrected chi connectivity index (χ4v) is 3.70. The van der Waals surface area contributed by atoms with Crippen molar-refractivity contribution in [2.24, 2.45) is 0 Å². The summed E-state index contributed by atoms with van der Waals surface area (Å²) in [5.41, 5.74) is 2.62. The first kappa shape index (κ1) is 12.3. The third-order valence-electron chi connectivity index (χ3n) is 3.11. The van der Waals surface area contributed by atoms with Gasteiger partial charge in [-0.2, -0.15) is 0 Å². The van der Waals surface area contributed by atoms with Crippen molar-refractivity contribution in [1.29, 1.82) is 0 Å². The third kappa shape index (κ3) is 2.04. The van der Waals surface area contributed by atoms with Gasteiger partial charge in [0.15, 0.2) is 6.04 Å². The molecule has 0 radical (unpaired) electrons. The van der Waals surface area contributed by atoms with E-state index in [1.807, 2.05) is 5.38 Å². The average Bonchev–Trinajstić information content (AvgIpc) is 3.06. The Balaban J connectivity index is 1.98. The third-order valence-corrected chi connectivity index (χ3v) is 4.70. The molecule has 0 aromatic carbocycles. The first-order valence-corrected chi connectivity index (χ1v) is 7.49. The van der Waals surface area contributed by atoms with Gasteiger partial charge >= 0.3 is 5.97 Å². The molecule has 0 bridgehead atoms. The van der Waals surface area contributed by atoms with Crippen molar-refractivity contribution in [3.05, 3.63) is 38.5 Å². The second-order valence-corrected chi connectivity index (χ2v) is 5.88. The van der Waals surface area contributed by atoms with Crippen LogP contribution >= 0.6 is 22.7 Å². The van der Waals surface area contributed by atoms with Crippen molar-refractivity contribution >= 4 is 34.6 Å². The molecule has 1 N–H and O–H groups in total. The van der Waals surface area contributed by atoms with Crippen LogP contribution in [0.2, 0.25) is 0 Å². The summed E-state index contributed by atoms with van der Waals surface area (Å²) >= 11 is 2.87. The summed E-state index contributed by atoms with van der Waals surface area (Å²) in [6, 6.07) is 0.892. The number of carbonyl (C=O) groups excluding carboxylic acids is 1. The molecular weight excluding hydrogens is 284 g/mol. The second kappa shape index (κ2) is 4.75. The Bertz CT molecular complexity index is 621. The van der Waals surface area contributed by atoms with Crippen LogP contribution in [0, 0.1) is 0 Å². The van der Waals surface area contributed by atoms with Crippen LogP contribution in [0.1, 0.15) is 27.0 Å². The first-order valence-electron chi connectivity index (χ1n) is 5.66. The number of carboxylic acid groups (broad SMARTS) is 1. The summed E-state index contributed by atoms with van der Waals surface area (Å²) in [6.07, 6.45) is 0.701. The molecule has 7 heteroatoms. The molecule has 1 atom stereocenters. The number of rotatable bonds is 2. The zero-order valence-electron chi connectivity index (χ0n) is 9.78. The van der Waals surface area contributed by atoms with Crippen LogP contribution in [-0.2, 0) is 11.2 Å². The normalized spacial score (nSPS) is 18.1. The van der Waals surface area contributed by atoms with Crippen LogP contribution in [-0.4, -0.2) is 33.4 Å². The van der Waals surface area contributed by atoms with Crippen LogP contribution in [0.5, 0.6) is 0 Å². The van der Waals surface area contributed by atoms with E-state index in [0.717, 1.165) is 10.4 Å². The highest BCUT2D eigenvalue weighted by molar-refractivity contribution is 7.10. The lowest BCUT2D eigenvalue weighted by atomic mass is 9.99. The zero-order chi connectivity index (χ0) is 13.4. The van der Waals surface area contributed by atoms with Gasteiger partial charge in [-0.1, -0.05) is 0 Å². The second-order valence-electron chi connectivity index (χ2n) is 4.16. The van der Waals surface area contributed by atoms with E-state index in [0.29, 0.717) is 18.7 Å². The number of amides is 1. The summed E-state index contributed by atoms with van der Waals surface area (Å²) in [6.45, 7) is 0.418. The van der Waals surface area contributed by atoms with Crippen LogP contribution in [0.3, 0.4) is 0 Å². The van der Waals surface area contributed by atoms with Crippen LogP contribution in [0.15, 0.2) is 22.3 Å². The highest BCUT2D eigenvalue weighted by atomic mass is 32.1. The highest BCUT2D eigenvalue weighted by Crippen LogP contribution is 2.34. The van der Waals surface area contributed by atoms with Gasteiger partial charge in [0.1, 0.15) is 5.69 Å². The maximum atomic E-state index is 12.3. The van der Waals surface area contributed by atoms with Crippen molar-refractivity contribution in [2.75, 3.05) is 6.54 Å². The van der Waals surface area contributed by atoms with Gasteiger partial charge in [-0.15, -0.1) is 22.7 Å². The van der Waals surface area contributed by atoms with E-state index >= 15 is 0 Å². The van der Waals surface area contributed by atoms with E-state index in [1.165, 1.54) is 16.2 Å². The summed E-state index contributed by atoms with van der Waals surface area (Å²) in [5.74, 6) is -1.31. The minimum absolute atomic E-state index is 0.314. The lowest BCUT2D eigenvalue weighted by Crippen LogP contribution is -2.43. The molecule has 2 aromatic heterocycles. The van der Waals surface area contributed by atoms with Gasteiger partial charge in [0, 0.05) is 16.8 Å². The molecule has 1 aliphatic rings. The Morgan fingerprint density at radius 1 is 1.47 bits per heavy atom. The molecule has 1 amide bonds. The molecule has 1 aliphatic heterocycles. The lowest BCUT2D eigenvalue weighted by Gasteiger charge is -2.32.